The molecule has 0 unspecified atom stereocenters. The van der Waals surface area contributed by atoms with E-state index in [1.807, 2.05) is 6.92 Å². The largest absolute Gasteiger partial charge is 0.466 e. The van der Waals surface area contributed by atoms with Crippen molar-refractivity contribution in [3.63, 3.8) is 0 Å². The molecule has 8 heteroatoms. The fraction of sp³-hybridized carbons (Fsp3) is 0.927. The van der Waals surface area contributed by atoms with E-state index in [0.29, 0.717) is 25.7 Å². The maximum absolute atomic E-state index is 13.9. The Morgan fingerprint density at radius 3 is 0.873 bits per heavy atom. The second-order valence-electron chi connectivity index (χ2n) is 20.3. The van der Waals surface area contributed by atoms with E-state index in [0.717, 1.165) is 62.7 Å². The summed E-state index contributed by atoms with van der Waals surface area (Å²) in [5.41, 5.74) is -2.13. The van der Waals surface area contributed by atoms with Gasteiger partial charge in [0.15, 0.2) is 0 Å². The fourth-order valence-electron chi connectivity index (χ4n) is 8.24. The van der Waals surface area contributed by atoms with E-state index in [4.69, 9.17) is 18.9 Å². The second-order valence-corrected chi connectivity index (χ2v) is 20.3. The predicted octanol–water partition coefficient (Wildman–Crippen LogP) is 16.3. The summed E-state index contributed by atoms with van der Waals surface area (Å²) in [6, 6.07) is 0. The van der Waals surface area contributed by atoms with Crippen LogP contribution in [0.25, 0.3) is 0 Å². The van der Waals surface area contributed by atoms with Crippen LogP contribution in [0.2, 0.25) is 0 Å². The van der Waals surface area contributed by atoms with Crippen molar-refractivity contribution in [2.24, 2.45) is 17.8 Å². The molecule has 63 heavy (non-hydrogen) atoms. The van der Waals surface area contributed by atoms with Crippen LogP contribution in [0.3, 0.4) is 0 Å². The van der Waals surface area contributed by atoms with Gasteiger partial charge in [0.25, 0.3) is 0 Å². The number of carbonyl (C=O) groups excluding carboxylic acids is 4. The fourth-order valence-corrected chi connectivity index (χ4v) is 8.24. The molecule has 0 aromatic carbocycles. The molecule has 0 saturated carbocycles. The minimum absolute atomic E-state index is 0.0489. The predicted molar refractivity (Wildman–Crippen MR) is 263 cm³/mol. The van der Waals surface area contributed by atoms with Crippen molar-refractivity contribution >= 4 is 23.9 Å². The molecule has 0 N–H and O–H groups in total. The Labute approximate surface area is 390 Å². The smallest absolute Gasteiger partial charge is 0.351 e. The van der Waals surface area contributed by atoms with E-state index in [1.54, 1.807) is 0 Å². The highest BCUT2D eigenvalue weighted by atomic mass is 16.6. The lowest BCUT2D eigenvalue weighted by atomic mass is 9.94. The summed E-state index contributed by atoms with van der Waals surface area (Å²) in [6.45, 7) is 16.1. The van der Waals surface area contributed by atoms with Crippen LogP contribution in [0.1, 0.15) is 286 Å². The van der Waals surface area contributed by atoms with E-state index in [1.165, 1.54) is 148 Å². The van der Waals surface area contributed by atoms with E-state index in [9.17, 15) is 19.2 Å². The van der Waals surface area contributed by atoms with Gasteiger partial charge in [-0.3, -0.25) is 14.4 Å². The zero-order chi connectivity index (χ0) is 46.7. The maximum atomic E-state index is 13.9. The van der Waals surface area contributed by atoms with Gasteiger partial charge in [0.2, 0.25) is 5.60 Å². The molecule has 0 aromatic rings. The van der Waals surface area contributed by atoms with E-state index in [-0.39, 0.29) is 26.2 Å². The Morgan fingerprint density at radius 2 is 0.603 bits per heavy atom. The first kappa shape index (κ1) is 60.9. The lowest BCUT2D eigenvalue weighted by molar-refractivity contribution is -0.191. The van der Waals surface area contributed by atoms with Gasteiger partial charge < -0.3 is 18.9 Å². The van der Waals surface area contributed by atoms with Crippen molar-refractivity contribution in [3.8, 4) is 0 Å². The number of esters is 4. The van der Waals surface area contributed by atoms with Gasteiger partial charge in [0, 0.05) is 6.42 Å². The minimum Gasteiger partial charge on any atom is -0.466 e. The summed E-state index contributed by atoms with van der Waals surface area (Å²) in [6.07, 6.45) is 38.2. The van der Waals surface area contributed by atoms with Crippen LogP contribution >= 0.6 is 0 Å². The third kappa shape index (κ3) is 41.1. The molecule has 0 spiro atoms. The van der Waals surface area contributed by atoms with E-state index in [2.05, 4.69) is 41.5 Å². The molecule has 0 aliphatic carbocycles. The van der Waals surface area contributed by atoms with Crippen molar-refractivity contribution in [1.29, 1.82) is 0 Å². The van der Waals surface area contributed by atoms with Gasteiger partial charge in [-0.25, -0.2) is 4.79 Å². The Hall–Kier alpha value is -2.12. The van der Waals surface area contributed by atoms with Gasteiger partial charge in [-0.1, -0.05) is 241 Å². The van der Waals surface area contributed by atoms with Gasteiger partial charge >= 0.3 is 23.9 Å². The first-order valence-corrected chi connectivity index (χ1v) is 27.1. The maximum Gasteiger partial charge on any atom is 0.351 e. The normalized spacial score (nSPS) is 11.8. The van der Waals surface area contributed by atoms with E-state index < -0.39 is 42.3 Å². The average Bonchev–Trinajstić information content (AvgIpc) is 3.22. The molecular weight excluding hydrogens is 789 g/mol. The summed E-state index contributed by atoms with van der Waals surface area (Å²) >= 11 is 0. The molecule has 0 saturated heterocycles. The Morgan fingerprint density at radius 1 is 0.349 bits per heavy atom. The van der Waals surface area contributed by atoms with E-state index >= 15 is 0 Å². The number of unbranched alkanes of at least 4 members (excludes halogenated alkanes) is 27. The van der Waals surface area contributed by atoms with Crippen molar-refractivity contribution in [2.45, 2.75) is 292 Å². The molecular formula is C55H104O8. The highest BCUT2D eigenvalue weighted by Crippen LogP contribution is 2.27. The summed E-state index contributed by atoms with van der Waals surface area (Å²) in [5.74, 6) is -0.520. The molecule has 0 bridgehead atoms. The first-order valence-electron chi connectivity index (χ1n) is 27.1. The third-order valence-electron chi connectivity index (χ3n) is 12.3. The molecule has 0 rings (SSSR count). The van der Waals surface area contributed by atoms with Crippen molar-refractivity contribution < 1.29 is 38.1 Å². The summed E-state index contributed by atoms with van der Waals surface area (Å²) < 4.78 is 22.7. The molecule has 372 valence electrons. The molecule has 0 aliphatic rings. The number of hydrogen-bond donors (Lipinski definition) is 0. The number of hydrogen-bond acceptors (Lipinski definition) is 8. The van der Waals surface area contributed by atoms with Crippen molar-refractivity contribution in [1.82, 2.24) is 0 Å². The summed E-state index contributed by atoms with van der Waals surface area (Å²) in [7, 11) is 0. The molecule has 0 heterocycles. The second kappa shape index (κ2) is 43.8. The quantitative estimate of drug-likeness (QED) is 0.0338. The topological polar surface area (TPSA) is 105 Å². The standard InChI is InChI=1S/C55H104O8/c1-8-39-51(56)63-55(54(59)62-45-38-32-26-20-14-11-17-23-29-35-42-50(6)7,46-52(57)60-43-36-30-24-18-12-9-15-21-27-33-40-48(2)3)47-53(58)61-44-37-31-25-19-13-10-16-22-28-34-41-49(4)5/h48-50H,8-47H2,1-7H3. The third-order valence-corrected chi connectivity index (χ3v) is 12.3. The minimum atomic E-state index is -2.13. The summed E-state index contributed by atoms with van der Waals surface area (Å²) in [4.78, 5) is 53.5. The SMILES string of the molecule is CCCC(=O)OC(CC(=O)OCCCCCCCCCCCCC(C)C)(CC(=O)OCCCCCCCCCCCCC(C)C)C(=O)OCCCCCCCCCCCCC(C)C. The molecule has 8 nitrogen and oxygen atoms in total. The number of rotatable bonds is 47. The first-order chi connectivity index (χ1) is 30.4. The Bertz CT molecular complexity index is 1020. The highest BCUT2D eigenvalue weighted by molar-refractivity contribution is 5.92. The van der Waals surface area contributed by atoms with Crippen molar-refractivity contribution in [2.75, 3.05) is 19.8 Å². The van der Waals surface area contributed by atoms with Gasteiger partial charge in [-0.15, -0.1) is 0 Å². The van der Waals surface area contributed by atoms with Crippen LogP contribution in [0.4, 0.5) is 0 Å². The number of ether oxygens (including phenoxy) is 4. The highest BCUT2D eigenvalue weighted by Gasteiger charge is 2.49. The Balaban J connectivity index is 5.06. The number of carbonyl (C=O) groups is 4. The monoisotopic (exact) mass is 893 g/mol. The Kier molecular flexibility index (Phi) is 42.3. The van der Waals surface area contributed by atoms with Gasteiger partial charge in [0.05, 0.1) is 32.7 Å². The van der Waals surface area contributed by atoms with Gasteiger partial charge in [-0.2, -0.15) is 0 Å². The van der Waals surface area contributed by atoms with Gasteiger partial charge in [0.1, 0.15) is 0 Å². The lowest BCUT2D eigenvalue weighted by Gasteiger charge is -2.30. The van der Waals surface area contributed by atoms with Crippen LogP contribution in [-0.4, -0.2) is 49.3 Å². The van der Waals surface area contributed by atoms with Gasteiger partial charge in [-0.05, 0) is 43.4 Å². The molecule has 0 aliphatic heterocycles. The summed E-state index contributed by atoms with van der Waals surface area (Å²) in [5, 5.41) is 0. The molecule has 0 aromatic heterocycles. The zero-order valence-electron chi connectivity index (χ0n) is 42.8. The van der Waals surface area contributed by atoms with Crippen LogP contribution in [0, 0.1) is 17.8 Å². The average molecular weight is 893 g/mol. The van der Waals surface area contributed by atoms with Crippen LogP contribution in [0.5, 0.6) is 0 Å². The lowest BCUT2D eigenvalue weighted by Crippen LogP contribution is -2.48. The molecule has 0 radical (unpaired) electrons. The molecule has 0 atom stereocenters. The van der Waals surface area contributed by atoms with Crippen LogP contribution in [0.15, 0.2) is 0 Å². The zero-order valence-corrected chi connectivity index (χ0v) is 42.8. The van der Waals surface area contributed by atoms with Crippen LogP contribution in [-0.2, 0) is 38.1 Å². The molecule has 0 fully saturated rings. The molecule has 0 amide bonds. The van der Waals surface area contributed by atoms with Crippen molar-refractivity contribution in [3.05, 3.63) is 0 Å². The van der Waals surface area contributed by atoms with Crippen LogP contribution < -0.4 is 0 Å².